The van der Waals surface area contributed by atoms with Crippen molar-refractivity contribution in [2.24, 2.45) is 17.8 Å². The monoisotopic (exact) mass is 660 g/mol. The lowest BCUT2D eigenvalue weighted by Crippen LogP contribution is -2.67. The van der Waals surface area contributed by atoms with Crippen molar-refractivity contribution in [1.82, 2.24) is 10.6 Å². The molecule has 0 aromatic heterocycles. The van der Waals surface area contributed by atoms with Gasteiger partial charge in [-0.1, -0.05) is 29.3 Å². The molecule has 0 saturated heterocycles. The fourth-order valence-corrected chi connectivity index (χ4v) is 5.61. The summed E-state index contributed by atoms with van der Waals surface area (Å²) in [4.78, 5) is 75.3. The molecule has 1 aromatic rings. The number of benzene rings is 1. The highest BCUT2D eigenvalue weighted by atomic mass is 35.5. The number of esters is 4. The highest BCUT2D eigenvalue weighted by molar-refractivity contribution is 6.42. The summed E-state index contributed by atoms with van der Waals surface area (Å²) in [5.41, 5.74) is -2.66. The maximum absolute atomic E-state index is 14.0. The smallest absolute Gasteiger partial charge is 0.408 e. The van der Waals surface area contributed by atoms with Gasteiger partial charge in [-0.2, -0.15) is 0 Å². The summed E-state index contributed by atoms with van der Waals surface area (Å²) in [6.45, 7) is 6.53. The predicted octanol–water partition coefficient (Wildman–Crippen LogP) is 2.65. The number of hydrogen-bond acceptors (Lipinski definition) is 12. The van der Waals surface area contributed by atoms with E-state index in [1.807, 2.05) is 0 Å². The number of hydrogen-bond donors (Lipinski definition) is 2. The molecule has 0 unspecified atom stereocenters. The summed E-state index contributed by atoms with van der Waals surface area (Å²) in [6, 6.07) is 3.63. The SMILES string of the molecule is CC(=O)N[C@H]1[C@H]2[C@H](C(=O)OCOC(C)=O)[C@H]2[C@](NC(=O)OC(C)(C)C)(C(=O)OCOC(C)=O)[C@@H]1OCc1ccc(Cl)c(Cl)c1. The summed E-state index contributed by atoms with van der Waals surface area (Å²) in [6.07, 6.45) is -2.42. The van der Waals surface area contributed by atoms with E-state index in [9.17, 15) is 28.8 Å². The second-order valence-corrected chi connectivity index (χ2v) is 12.0. The molecule has 44 heavy (non-hydrogen) atoms. The van der Waals surface area contributed by atoms with E-state index in [1.165, 1.54) is 19.1 Å². The minimum atomic E-state index is -2.18. The molecular weight excluding hydrogens is 627 g/mol. The van der Waals surface area contributed by atoms with E-state index in [0.29, 0.717) is 10.6 Å². The number of alkyl carbamates (subject to hydrolysis) is 1. The number of nitrogens with one attached hydrogen (secondary N) is 2. The Morgan fingerprint density at radius 3 is 2.05 bits per heavy atom. The van der Waals surface area contributed by atoms with Crippen LogP contribution in [0.3, 0.4) is 0 Å². The molecular formula is C28H34Cl2N2O12. The average Bonchev–Trinajstić information content (AvgIpc) is 3.57. The summed E-state index contributed by atoms with van der Waals surface area (Å²) in [5, 5.41) is 5.79. The summed E-state index contributed by atoms with van der Waals surface area (Å²) in [7, 11) is 0. The maximum atomic E-state index is 14.0. The third-order valence-corrected chi connectivity index (χ3v) is 7.55. The first-order valence-corrected chi connectivity index (χ1v) is 14.2. The van der Waals surface area contributed by atoms with E-state index in [1.54, 1.807) is 26.8 Å². The highest BCUT2D eigenvalue weighted by Gasteiger charge is 2.81. The van der Waals surface area contributed by atoms with Crippen molar-refractivity contribution in [2.45, 2.75) is 71.4 Å². The zero-order valence-corrected chi connectivity index (χ0v) is 26.4. The minimum Gasteiger partial charge on any atom is -0.444 e. The predicted molar refractivity (Wildman–Crippen MR) is 151 cm³/mol. The zero-order valence-electron chi connectivity index (χ0n) is 24.9. The number of ether oxygens (including phenoxy) is 6. The Morgan fingerprint density at radius 1 is 0.886 bits per heavy atom. The van der Waals surface area contributed by atoms with Crippen molar-refractivity contribution >= 4 is 59.1 Å². The van der Waals surface area contributed by atoms with E-state index in [-0.39, 0.29) is 11.6 Å². The van der Waals surface area contributed by atoms with Crippen LogP contribution in [-0.4, -0.2) is 72.7 Å². The molecule has 3 rings (SSSR count). The van der Waals surface area contributed by atoms with Gasteiger partial charge in [0.1, 0.15) is 11.7 Å². The van der Waals surface area contributed by atoms with Gasteiger partial charge in [-0.25, -0.2) is 9.59 Å². The highest BCUT2D eigenvalue weighted by Crippen LogP contribution is 2.64. The van der Waals surface area contributed by atoms with Crippen LogP contribution in [0.2, 0.25) is 10.0 Å². The molecule has 6 atom stereocenters. The van der Waals surface area contributed by atoms with Crippen LogP contribution in [0, 0.1) is 17.8 Å². The molecule has 2 aliphatic rings. The minimum absolute atomic E-state index is 0.187. The quantitative estimate of drug-likeness (QED) is 0.201. The van der Waals surface area contributed by atoms with Gasteiger partial charge >= 0.3 is 30.0 Å². The van der Waals surface area contributed by atoms with Gasteiger partial charge in [0, 0.05) is 32.6 Å². The lowest BCUT2D eigenvalue weighted by molar-refractivity contribution is -0.178. The normalized spacial score (nSPS) is 25.1. The van der Waals surface area contributed by atoms with E-state index in [2.05, 4.69) is 10.6 Å². The fraction of sp³-hybridized carbons (Fsp3) is 0.571. The molecule has 2 saturated carbocycles. The molecule has 0 spiro atoms. The van der Waals surface area contributed by atoms with Crippen molar-refractivity contribution in [3.8, 4) is 0 Å². The van der Waals surface area contributed by atoms with E-state index < -0.39 is 90.5 Å². The molecule has 0 bridgehead atoms. The third-order valence-electron chi connectivity index (χ3n) is 6.81. The molecule has 2 aliphatic carbocycles. The fourth-order valence-electron chi connectivity index (χ4n) is 5.29. The average molecular weight is 661 g/mol. The number of amides is 2. The lowest BCUT2D eigenvalue weighted by atomic mass is 9.85. The van der Waals surface area contributed by atoms with Crippen molar-refractivity contribution in [1.29, 1.82) is 0 Å². The number of halogens is 2. The van der Waals surface area contributed by atoms with Crippen molar-refractivity contribution in [3.05, 3.63) is 33.8 Å². The standard InChI is InChI=1S/C28H34Cl2N2O12/c1-13(33)31-22-19-20(24(36)42-11-40-14(2)34)21(19)28(25(37)43-12-41-15(3)35,32-26(38)44-27(4,5)6)23(22)39-10-16-7-8-17(29)18(30)9-16/h7-9,19-23H,10-12H2,1-6H3,(H,31,33)(H,32,38)/t19-,20-,21-,22-,23+,28+/m0/s1. The first-order valence-electron chi connectivity index (χ1n) is 13.4. The molecule has 1 aromatic carbocycles. The van der Waals surface area contributed by atoms with Gasteiger partial charge in [-0.3, -0.25) is 19.2 Å². The van der Waals surface area contributed by atoms with Gasteiger partial charge in [0.25, 0.3) is 0 Å². The van der Waals surface area contributed by atoms with Crippen LogP contribution in [0.25, 0.3) is 0 Å². The van der Waals surface area contributed by atoms with Crippen LogP contribution in [0.4, 0.5) is 4.79 Å². The zero-order chi connectivity index (χ0) is 33.0. The first kappa shape index (κ1) is 34.9. The van der Waals surface area contributed by atoms with Gasteiger partial charge in [-0.15, -0.1) is 0 Å². The van der Waals surface area contributed by atoms with Crippen LogP contribution >= 0.6 is 23.2 Å². The lowest BCUT2D eigenvalue weighted by Gasteiger charge is -2.39. The van der Waals surface area contributed by atoms with Crippen LogP contribution in [0.5, 0.6) is 0 Å². The van der Waals surface area contributed by atoms with Crippen LogP contribution in [-0.2, 0) is 59.0 Å². The van der Waals surface area contributed by atoms with E-state index >= 15 is 0 Å². The molecule has 0 heterocycles. The molecule has 14 nitrogen and oxygen atoms in total. The third kappa shape index (κ3) is 8.30. The number of carbonyl (C=O) groups is 6. The van der Waals surface area contributed by atoms with Gasteiger partial charge in [0.15, 0.2) is 5.54 Å². The van der Waals surface area contributed by atoms with Crippen LogP contribution in [0.1, 0.15) is 47.1 Å². The Hall–Kier alpha value is -3.62. The Labute approximate surface area is 263 Å². The largest absolute Gasteiger partial charge is 0.444 e. The second kappa shape index (κ2) is 14.0. The summed E-state index contributed by atoms with van der Waals surface area (Å²) < 4.78 is 31.5. The Kier molecular flexibility index (Phi) is 11.1. The first-order chi connectivity index (χ1) is 20.5. The topological polar surface area (TPSA) is 182 Å². The maximum Gasteiger partial charge on any atom is 0.408 e. The Bertz CT molecular complexity index is 1320. The molecule has 242 valence electrons. The van der Waals surface area contributed by atoms with Gasteiger partial charge in [0.2, 0.25) is 19.5 Å². The number of fused-ring (bicyclic) bond motifs is 1. The molecule has 2 fully saturated rings. The van der Waals surface area contributed by atoms with Crippen LogP contribution in [0.15, 0.2) is 18.2 Å². The van der Waals surface area contributed by atoms with E-state index in [0.717, 1.165) is 13.8 Å². The molecule has 16 heteroatoms. The van der Waals surface area contributed by atoms with Crippen molar-refractivity contribution in [3.63, 3.8) is 0 Å². The van der Waals surface area contributed by atoms with Gasteiger partial charge < -0.3 is 39.1 Å². The Morgan fingerprint density at radius 2 is 1.50 bits per heavy atom. The van der Waals surface area contributed by atoms with Crippen molar-refractivity contribution < 1.29 is 57.2 Å². The van der Waals surface area contributed by atoms with E-state index in [4.69, 9.17) is 51.6 Å². The van der Waals surface area contributed by atoms with Crippen LogP contribution < -0.4 is 10.6 Å². The number of rotatable bonds is 11. The molecule has 2 amide bonds. The number of carbonyl (C=O) groups excluding carboxylic acids is 6. The summed E-state index contributed by atoms with van der Waals surface area (Å²) in [5.74, 6) is -6.97. The van der Waals surface area contributed by atoms with Gasteiger partial charge in [0.05, 0.1) is 28.6 Å². The summed E-state index contributed by atoms with van der Waals surface area (Å²) >= 11 is 12.2. The van der Waals surface area contributed by atoms with Gasteiger partial charge in [-0.05, 0) is 38.5 Å². The molecule has 0 radical (unpaired) electrons. The Balaban J connectivity index is 2.09. The molecule has 0 aliphatic heterocycles. The molecule has 2 N–H and O–H groups in total. The second-order valence-electron chi connectivity index (χ2n) is 11.2. The van der Waals surface area contributed by atoms with Crippen molar-refractivity contribution in [2.75, 3.05) is 13.6 Å².